The third-order valence-corrected chi connectivity index (χ3v) is 7.71. The molecule has 0 saturated carbocycles. The van der Waals surface area contributed by atoms with Gasteiger partial charge in [0, 0.05) is 12.1 Å². The lowest BCUT2D eigenvalue weighted by atomic mass is 9.98. The SMILES string of the molecule is COc1ccc(/C=C/C(=O)c2c(OC)cc(OC3O[C@H](CO[C@H]4O[C@@H](C)[C@H](O)[C@@H](O)[C@H]4O)[C@@H](O)[C@H](O)[C@H]3O)cc2OC)cc1OC. The van der Waals surface area contributed by atoms with Crippen LogP contribution >= 0.6 is 0 Å². The normalized spacial score (nSPS) is 31.4. The molecule has 0 amide bonds. The molecule has 2 heterocycles. The Morgan fingerprint density at radius 2 is 1.30 bits per heavy atom. The van der Waals surface area contributed by atoms with Gasteiger partial charge in [0.2, 0.25) is 6.29 Å². The van der Waals surface area contributed by atoms with Crippen molar-refractivity contribution in [3.8, 4) is 28.7 Å². The van der Waals surface area contributed by atoms with Crippen LogP contribution in [-0.4, -0.2) is 133 Å². The van der Waals surface area contributed by atoms with Gasteiger partial charge >= 0.3 is 0 Å². The van der Waals surface area contributed by atoms with Crippen molar-refractivity contribution in [3.05, 3.63) is 47.5 Å². The van der Waals surface area contributed by atoms with E-state index in [0.717, 1.165) is 0 Å². The lowest BCUT2D eigenvalue weighted by Gasteiger charge is -2.42. The Bertz CT molecular complexity index is 1340. The van der Waals surface area contributed by atoms with E-state index in [4.69, 9.17) is 37.9 Å². The van der Waals surface area contributed by atoms with Crippen LogP contribution in [0.15, 0.2) is 36.4 Å². The molecule has 2 aromatic rings. The fourth-order valence-corrected chi connectivity index (χ4v) is 5.04. The number of carbonyl (C=O) groups excluding carboxylic acids is 1. The average Bonchev–Trinajstić information content (AvgIpc) is 3.07. The van der Waals surface area contributed by atoms with Crippen molar-refractivity contribution in [2.24, 2.45) is 0 Å². The van der Waals surface area contributed by atoms with Gasteiger partial charge < -0.3 is 68.5 Å². The van der Waals surface area contributed by atoms with Gasteiger partial charge in [0.25, 0.3) is 0 Å². The first-order valence-corrected chi connectivity index (χ1v) is 14.3. The van der Waals surface area contributed by atoms with E-state index in [-0.39, 0.29) is 22.8 Å². The molecule has 10 atom stereocenters. The Labute approximate surface area is 265 Å². The number of rotatable bonds is 12. The Morgan fingerprint density at radius 3 is 1.91 bits per heavy atom. The van der Waals surface area contributed by atoms with Crippen LogP contribution in [0.3, 0.4) is 0 Å². The second kappa shape index (κ2) is 15.4. The van der Waals surface area contributed by atoms with E-state index in [9.17, 15) is 35.4 Å². The van der Waals surface area contributed by atoms with Crippen LogP contribution in [0.1, 0.15) is 22.8 Å². The largest absolute Gasteiger partial charge is 0.496 e. The highest BCUT2D eigenvalue weighted by atomic mass is 16.7. The summed E-state index contributed by atoms with van der Waals surface area (Å²) in [4.78, 5) is 13.3. The smallest absolute Gasteiger partial charge is 0.229 e. The van der Waals surface area contributed by atoms with Crippen LogP contribution in [0, 0.1) is 0 Å². The highest BCUT2D eigenvalue weighted by molar-refractivity contribution is 6.10. The lowest BCUT2D eigenvalue weighted by Crippen LogP contribution is -2.61. The maximum atomic E-state index is 13.3. The summed E-state index contributed by atoms with van der Waals surface area (Å²) in [5.74, 6) is 0.725. The molecule has 2 fully saturated rings. The van der Waals surface area contributed by atoms with Crippen LogP contribution in [0.5, 0.6) is 28.7 Å². The molecule has 0 bridgehead atoms. The number of carbonyl (C=O) groups is 1. The molecule has 2 saturated heterocycles. The van der Waals surface area contributed by atoms with Crippen LogP contribution in [-0.2, 0) is 14.2 Å². The molecule has 254 valence electrons. The van der Waals surface area contributed by atoms with Crippen LogP contribution in [0.2, 0.25) is 0 Å². The van der Waals surface area contributed by atoms with Gasteiger partial charge in [0.1, 0.15) is 65.5 Å². The van der Waals surface area contributed by atoms with Gasteiger partial charge in [-0.05, 0) is 30.7 Å². The van der Waals surface area contributed by atoms with Crippen LogP contribution in [0.4, 0.5) is 0 Å². The molecule has 15 nitrogen and oxygen atoms in total. The molecule has 15 heteroatoms. The van der Waals surface area contributed by atoms with Gasteiger partial charge in [0.15, 0.2) is 23.6 Å². The highest BCUT2D eigenvalue weighted by Gasteiger charge is 2.47. The summed E-state index contributed by atoms with van der Waals surface area (Å²) in [6.07, 6.45) is -11.8. The molecule has 4 rings (SSSR count). The Morgan fingerprint density at radius 1 is 0.717 bits per heavy atom. The minimum absolute atomic E-state index is 0.0263. The van der Waals surface area contributed by atoms with Crippen molar-refractivity contribution in [2.75, 3.05) is 35.0 Å². The standard InChI is InChI=1S/C31H40O15/c1-14-24(33)26(35)28(37)30(44-14)43-13-22-25(34)27(36)29(38)31(46-22)45-16-11-20(41-4)23(21(12-16)42-5)17(32)8-6-15-7-9-18(39-2)19(10-15)40-3/h6-12,14,22,24-31,33-38H,13H2,1-5H3/b8-6+/t14-,22+,24-,25+,26+,27-,28+,29+,30-,31?/m0/s1. The molecular weight excluding hydrogens is 612 g/mol. The quantitative estimate of drug-likeness (QED) is 0.128. The zero-order valence-corrected chi connectivity index (χ0v) is 25.9. The molecule has 2 aliphatic rings. The number of ketones is 1. The first kappa shape index (κ1) is 35.3. The summed E-state index contributed by atoms with van der Waals surface area (Å²) in [7, 11) is 5.69. The lowest BCUT2D eigenvalue weighted by molar-refractivity contribution is -0.318. The zero-order valence-electron chi connectivity index (χ0n) is 25.9. The Balaban J connectivity index is 1.50. The van der Waals surface area contributed by atoms with Crippen molar-refractivity contribution in [1.29, 1.82) is 0 Å². The van der Waals surface area contributed by atoms with Crippen LogP contribution in [0.25, 0.3) is 6.08 Å². The third-order valence-electron chi connectivity index (χ3n) is 7.71. The van der Waals surface area contributed by atoms with Crippen molar-refractivity contribution in [2.45, 2.75) is 68.3 Å². The first-order chi connectivity index (χ1) is 21.9. The molecule has 0 spiro atoms. The molecule has 46 heavy (non-hydrogen) atoms. The fraction of sp³-hybridized carbons (Fsp3) is 0.516. The molecule has 0 aliphatic carbocycles. The second-order valence-electron chi connectivity index (χ2n) is 10.7. The number of aliphatic hydroxyl groups is 6. The summed E-state index contributed by atoms with van der Waals surface area (Å²) in [5, 5.41) is 61.8. The monoisotopic (exact) mass is 652 g/mol. The van der Waals surface area contributed by atoms with E-state index in [1.54, 1.807) is 24.3 Å². The molecule has 6 N–H and O–H groups in total. The summed E-state index contributed by atoms with van der Waals surface area (Å²) in [5.41, 5.74) is 0.743. The third kappa shape index (κ3) is 7.54. The van der Waals surface area contributed by atoms with E-state index in [2.05, 4.69) is 0 Å². The second-order valence-corrected chi connectivity index (χ2v) is 10.7. The number of allylic oxidation sites excluding steroid dienone is 1. The average molecular weight is 653 g/mol. The van der Waals surface area contributed by atoms with Gasteiger partial charge in [-0.3, -0.25) is 4.79 Å². The number of methoxy groups -OCH3 is 4. The Hall–Kier alpha value is -3.51. The maximum absolute atomic E-state index is 13.3. The molecule has 0 radical (unpaired) electrons. The van der Waals surface area contributed by atoms with E-state index in [1.165, 1.54) is 53.6 Å². The number of ether oxygens (including phenoxy) is 8. The maximum Gasteiger partial charge on any atom is 0.229 e. The summed E-state index contributed by atoms with van der Waals surface area (Å²) < 4.78 is 43.8. The predicted octanol–water partition coefficient (Wildman–Crippen LogP) is -0.352. The number of aliphatic hydroxyl groups excluding tert-OH is 6. The van der Waals surface area contributed by atoms with E-state index >= 15 is 0 Å². The van der Waals surface area contributed by atoms with Crippen LogP contribution < -0.4 is 23.7 Å². The minimum atomic E-state index is -1.73. The number of benzene rings is 2. The first-order valence-electron chi connectivity index (χ1n) is 14.3. The number of hydrogen-bond donors (Lipinski definition) is 6. The van der Waals surface area contributed by atoms with Gasteiger partial charge in [0.05, 0.1) is 41.2 Å². The zero-order chi connectivity index (χ0) is 33.7. The molecular formula is C31H40O15. The number of hydrogen-bond acceptors (Lipinski definition) is 15. The van der Waals surface area contributed by atoms with Crippen molar-refractivity contribution in [1.82, 2.24) is 0 Å². The predicted molar refractivity (Wildman–Crippen MR) is 158 cm³/mol. The van der Waals surface area contributed by atoms with Gasteiger partial charge in [-0.1, -0.05) is 12.1 Å². The summed E-state index contributed by atoms with van der Waals surface area (Å²) >= 11 is 0. The van der Waals surface area contributed by atoms with Crippen molar-refractivity contribution >= 4 is 11.9 Å². The summed E-state index contributed by atoms with van der Waals surface area (Å²) in [6, 6.07) is 7.87. The Kier molecular flexibility index (Phi) is 11.8. The fourth-order valence-electron chi connectivity index (χ4n) is 5.04. The van der Waals surface area contributed by atoms with E-state index in [1.807, 2.05) is 0 Å². The van der Waals surface area contributed by atoms with Crippen molar-refractivity contribution < 1.29 is 73.3 Å². The van der Waals surface area contributed by atoms with Crippen molar-refractivity contribution in [3.63, 3.8) is 0 Å². The summed E-state index contributed by atoms with van der Waals surface area (Å²) in [6.45, 7) is 1.01. The minimum Gasteiger partial charge on any atom is -0.496 e. The molecule has 1 unspecified atom stereocenters. The highest BCUT2D eigenvalue weighted by Crippen LogP contribution is 2.37. The molecule has 2 aliphatic heterocycles. The van der Waals surface area contributed by atoms with Gasteiger partial charge in [-0.2, -0.15) is 0 Å². The van der Waals surface area contributed by atoms with E-state index < -0.39 is 73.8 Å². The molecule has 2 aromatic carbocycles. The molecule has 0 aromatic heterocycles. The van der Waals surface area contributed by atoms with E-state index in [0.29, 0.717) is 17.1 Å². The van der Waals surface area contributed by atoms with Gasteiger partial charge in [-0.15, -0.1) is 0 Å². The topological polar surface area (TPSA) is 212 Å². The van der Waals surface area contributed by atoms with Gasteiger partial charge in [-0.25, -0.2) is 0 Å².